The molecule has 2 aromatic rings. The van der Waals surface area contributed by atoms with Crippen molar-refractivity contribution < 1.29 is 4.79 Å². The predicted molar refractivity (Wildman–Crippen MR) is 80.5 cm³/mol. The third-order valence-electron chi connectivity index (χ3n) is 2.67. The molecule has 0 saturated carbocycles. The molecular weight excluding hydrogens is 254 g/mol. The van der Waals surface area contributed by atoms with Crippen molar-refractivity contribution in [3.63, 3.8) is 0 Å². The first kappa shape index (κ1) is 13.8. The molecule has 0 fully saturated rings. The number of amides is 1. The van der Waals surface area contributed by atoms with Gasteiger partial charge in [0.05, 0.1) is 0 Å². The van der Waals surface area contributed by atoms with Gasteiger partial charge in [-0.25, -0.2) is 4.98 Å². The molecule has 104 valence electrons. The Labute approximate surface area is 117 Å². The van der Waals surface area contributed by atoms with Crippen molar-refractivity contribution in [2.24, 2.45) is 0 Å². The number of benzene rings is 1. The standard InChI is InChI=1S/C14H17N5O/c1-10-8-13(19(2)3)18-14(16-10)17-12-6-4-11(5-7-12)15-9-20/h4-9H,1-3H3,(H,15,20)(H,16,17,18). The van der Waals surface area contributed by atoms with Crippen molar-refractivity contribution >= 4 is 29.6 Å². The molecule has 2 rings (SSSR count). The largest absolute Gasteiger partial charge is 0.363 e. The van der Waals surface area contributed by atoms with Crippen molar-refractivity contribution in [3.8, 4) is 0 Å². The first-order valence-corrected chi connectivity index (χ1v) is 6.19. The van der Waals surface area contributed by atoms with E-state index in [0.29, 0.717) is 12.4 Å². The van der Waals surface area contributed by atoms with Crippen LogP contribution < -0.4 is 15.5 Å². The van der Waals surface area contributed by atoms with Gasteiger partial charge in [0.1, 0.15) is 5.82 Å². The first-order chi connectivity index (χ1) is 9.58. The van der Waals surface area contributed by atoms with E-state index in [1.54, 1.807) is 12.1 Å². The topological polar surface area (TPSA) is 70.2 Å². The van der Waals surface area contributed by atoms with Gasteiger partial charge >= 0.3 is 0 Å². The molecule has 1 aromatic heterocycles. The van der Waals surface area contributed by atoms with Crippen LogP contribution in [0.2, 0.25) is 0 Å². The molecule has 0 bridgehead atoms. The molecule has 2 N–H and O–H groups in total. The monoisotopic (exact) mass is 271 g/mol. The highest BCUT2D eigenvalue weighted by molar-refractivity contribution is 5.72. The Balaban J connectivity index is 2.18. The van der Waals surface area contributed by atoms with Gasteiger partial charge in [-0.15, -0.1) is 0 Å². The zero-order valence-electron chi connectivity index (χ0n) is 11.7. The molecule has 0 unspecified atom stereocenters. The number of carbonyl (C=O) groups is 1. The van der Waals surface area contributed by atoms with Gasteiger partial charge in [0.15, 0.2) is 0 Å². The van der Waals surface area contributed by atoms with Crippen molar-refractivity contribution in [1.82, 2.24) is 9.97 Å². The van der Waals surface area contributed by atoms with Crippen LogP contribution in [-0.2, 0) is 4.79 Å². The van der Waals surface area contributed by atoms with Crippen molar-refractivity contribution in [2.75, 3.05) is 29.6 Å². The summed E-state index contributed by atoms with van der Waals surface area (Å²) in [5, 5.41) is 5.73. The molecule has 1 heterocycles. The number of hydrogen-bond acceptors (Lipinski definition) is 5. The van der Waals surface area contributed by atoms with Crippen LogP contribution in [-0.4, -0.2) is 30.5 Å². The molecule has 0 spiro atoms. The lowest BCUT2D eigenvalue weighted by Crippen LogP contribution is -2.12. The minimum atomic E-state index is 0.546. The van der Waals surface area contributed by atoms with E-state index in [9.17, 15) is 4.79 Å². The fraction of sp³-hybridized carbons (Fsp3) is 0.214. The van der Waals surface area contributed by atoms with E-state index in [2.05, 4.69) is 20.6 Å². The molecule has 0 aliphatic heterocycles. The van der Waals surface area contributed by atoms with E-state index in [0.717, 1.165) is 22.9 Å². The Morgan fingerprint density at radius 2 is 1.75 bits per heavy atom. The molecule has 6 heteroatoms. The van der Waals surface area contributed by atoms with Gasteiger partial charge in [-0.1, -0.05) is 0 Å². The lowest BCUT2D eigenvalue weighted by atomic mass is 10.3. The van der Waals surface area contributed by atoms with Gasteiger partial charge < -0.3 is 15.5 Å². The van der Waals surface area contributed by atoms with Crippen LogP contribution in [0.25, 0.3) is 0 Å². The molecule has 6 nitrogen and oxygen atoms in total. The number of rotatable bonds is 5. The molecule has 0 aliphatic rings. The quantitative estimate of drug-likeness (QED) is 0.815. The second-order valence-corrected chi connectivity index (χ2v) is 4.55. The Hall–Kier alpha value is -2.63. The van der Waals surface area contributed by atoms with Gasteiger partial charge in [0, 0.05) is 37.2 Å². The number of nitrogens with one attached hydrogen (secondary N) is 2. The van der Waals surface area contributed by atoms with Crippen LogP contribution in [0.15, 0.2) is 30.3 Å². The van der Waals surface area contributed by atoms with Crippen LogP contribution in [0.5, 0.6) is 0 Å². The second-order valence-electron chi connectivity index (χ2n) is 4.55. The van der Waals surface area contributed by atoms with Crippen LogP contribution in [0.3, 0.4) is 0 Å². The number of anilines is 4. The van der Waals surface area contributed by atoms with Crippen molar-refractivity contribution in [1.29, 1.82) is 0 Å². The summed E-state index contributed by atoms with van der Waals surface area (Å²) in [5.74, 6) is 1.39. The van der Waals surface area contributed by atoms with E-state index in [4.69, 9.17) is 0 Å². The lowest BCUT2D eigenvalue weighted by Gasteiger charge is -2.13. The summed E-state index contributed by atoms with van der Waals surface area (Å²) in [6, 6.07) is 9.24. The minimum Gasteiger partial charge on any atom is -0.363 e. The SMILES string of the molecule is Cc1cc(N(C)C)nc(Nc2ccc(NC=O)cc2)n1. The van der Waals surface area contributed by atoms with Gasteiger partial charge in [-0.3, -0.25) is 4.79 Å². The molecule has 0 radical (unpaired) electrons. The van der Waals surface area contributed by atoms with Crippen LogP contribution in [0.4, 0.5) is 23.1 Å². The minimum absolute atomic E-state index is 0.546. The molecule has 0 saturated heterocycles. The van der Waals surface area contributed by atoms with Gasteiger partial charge in [0.25, 0.3) is 0 Å². The normalized spacial score (nSPS) is 9.95. The maximum atomic E-state index is 10.3. The molecule has 1 aromatic carbocycles. The molecule has 0 atom stereocenters. The average Bonchev–Trinajstić information content (AvgIpc) is 2.40. The van der Waals surface area contributed by atoms with E-state index in [-0.39, 0.29) is 0 Å². The van der Waals surface area contributed by atoms with Crippen LogP contribution >= 0.6 is 0 Å². The number of aromatic nitrogens is 2. The highest BCUT2D eigenvalue weighted by atomic mass is 16.1. The van der Waals surface area contributed by atoms with Gasteiger partial charge in [0.2, 0.25) is 12.4 Å². The van der Waals surface area contributed by atoms with Crippen LogP contribution in [0, 0.1) is 6.92 Å². The fourth-order valence-electron chi connectivity index (χ4n) is 1.68. The Morgan fingerprint density at radius 3 is 2.35 bits per heavy atom. The molecule has 0 aliphatic carbocycles. The summed E-state index contributed by atoms with van der Waals surface area (Å²) < 4.78 is 0. The third kappa shape index (κ3) is 3.44. The number of nitrogens with zero attached hydrogens (tertiary/aromatic N) is 3. The summed E-state index contributed by atoms with van der Waals surface area (Å²) in [6.07, 6.45) is 0.648. The fourth-order valence-corrected chi connectivity index (χ4v) is 1.68. The number of carbonyl (C=O) groups excluding carboxylic acids is 1. The van der Waals surface area contributed by atoms with E-state index < -0.39 is 0 Å². The first-order valence-electron chi connectivity index (χ1n) is 6.19. The Bertz CT molecular complexity index is 595. The predicted octanol–water partition coefficient (Wildman–Crippen LogP) is 2.16. The highest BCUT2D eigenvalue weighted by Gasteiger charge is 2.04. The number of aryl methyl sites for hydroxylation is 1. The maximum absolute atomic E-state index is 10.3. The maximum Gasteiger partial charge on any atom is 0.229 e. The number of hydrogen-bond donors (Lipinski definition) is 2. The summed E-state index contributed by atoms with van der Waals surface area (Å²) in [7, 11) is 3.87. The zero-order valence-corrected chi connectivity index (χ0v) is 11.7. The van der Waals surface area contributed by atoms with Crippen LogP contribution in [0.1, 0.15) is 5.69 Å². The van der Waals surface area contributed by atoms with E-state index in [1.807, 2.05) is 44.1 Å². The van der Waals surface area contributed by atoms with Gasteiger partial charge in [-0.05, 0) is 31.2 Å². The third-order valence-corrected chi connectivity index (χ3v) is 2.67. The van der Waals surface area contributed by atoms with Gasteiger partial charge in [-0.2, -0.15) is 4.98 Å². The highest BCUT2D eigenvalue weighted by Crippen LogP contribution is 2.18. The Kier molecular flexibility index (Phi) is 4.14. The Morgan fingerprint density at radius 1 is 1.10 bits per heavy atom. The van der Waals surface area contributed by atoms with E-state index in [1.165, 1.54) is 0 Å². The van der Waals surface area contributed by atoms with Crippen molar-refractivity contribution in [3.05, 3.63) is 36.0 Å². The summed E-state index contributed by atoms with van der Waals surface area (Å²) >= 11 is 0. The smallest absolute Gasteiger partial charge is 0.229 e. The summed E-state index contributed by atoms with van der Waals surface area (Å²) in [4.78, 5) is 21.0. The average molecular weight is 271 g/mol. The second kappa shape index (κ2) is 6.01. The molecule has 20 heavy (non-hydrogen) atoms. The van der Waals surface area contributed by atoms with Crippen molar-refractivity contribution in [2.45, 2.75) is 6.92 Å². The summed E-state index contributed by atoms with van der Waals surface area (Å²) in [5.41, 5.74) is 2.49. The molecule has 1 amide bonds. The zero-order chi connectivity index (χ0) is 14.5. The molecular formula is C14H17N5O. The lowest BCUT2D eigenvalue weighted by molar-refractivity contribution is -0.105. The summed E-state index contributed by atoms with van der Waals surface area (Å²) in [6.45, 7) is 1.93. The van der Waals surface area contributed by atoms with E-state index >= 15 is 0 Å².